The molecule has 59 heavy (non-hydrogen) atoms. The lowest BCUT2D eigenvalue weighted by atomic mass is 10.1. The predicted molar refractivity (Wildman–Crippen MR) is 235 cm³/mol. The van der Waals surface area contributed by atoms with Gasteiger partial charge in [0.25, 0.3) is 0 Å². The third-order valence-corrected chi connectivity index (χ3v) is 10.5. The molecule has 1 unspecified atom stereocenters. The van der Waals surface area contributed by atoms with E-state index >= 15 is 0 Å². The van der Waals surface area contributed by atoms with E-state index in [1.807, 2.05) is 0 Å². The molecule has 0 heterocycles. The van der Waals surface area contributed by atoms with Gasteiger partial charge in [-0.05, 0) is 69.7 Å². The monoisotopic (exact) mass is 857 g/mol. The summed E-state index contributed by atoms with van der Waals surface area (Å²) < 4.78 is 38.1. The number of phosphoric acid groups is 1. The Morgan fingerprint density at radius 3 is 1.58 bits per heavy atom. The minimum atomic E-state index is -4.62. The smallest absolute Gasteiger partial charge is 0.462 e. The van der Waals surface area contributed by atoms with E-state index < -0.39 is 38.6 Å². The molecule has 0 aliphatic heterocycles. The molecule has 342 valence electrons. The molecule has 1 amide bonds. The number of nitrogens with one attached hydrogen (secondary N) is 1. The SMILES string of the molecule is CCCCCCCC/C=C\CCCCCCCC(=O)OC[C@H](COP(=O)(O)OCCNC(=O)OCCN=[N+]=[N-])OC(=O)CCCCCCC/C=C\CCCCCCCC. The number of allylic oxidation sites excluding steroid dienone is 4. The number of phosphoric ester groups is 1. The fourth-order valence-electron chi connectivity index (χ4n) is 6.10. The van der Waals surface area contributed by atoms with Crippen LogP contribution in [0.25, 0.3) is 10.4 Å². The molecular weight excluding hydrogens is 775 g/mol. The Balaban J connectivity index is 4.54. The Morgan fingerprint density at radius 1 is 0.627 bits per heavy atom. The van der Waals surface area contributed by atoms with E-state index in [-0.39, 0.29) is 45.8 Å². The van der Waals surface area contributed by atoms with Crippen LogP contribution in [0.3, 0.4) is 0 Å². The highest BCUT2D eigenvalue weighted by Crippen LogP contribution is 2.43. The molecular formula is C44H81N4O10P. The molecule has 0 radical (unpaired) electrons. The van der Waals surface area contributed by atoms with Gasteiger partial charge < -0.3 is 24.4 Å². The van der Waals surface area contributed by atoms with E-state index in [1.165, 1.54) is 77.0 Å². The van der Waals surface area contributed by atoms with Crippen LogP contribution < -0.4 is 5.32 Å². The van der Waals surface area contributed by atoms with E-state index in [1.54, 1.807) is 0 Å². The van der Waals surface area contributed by atoms with E-state index in [4.69, 9.17) is 28.8 Å². The third kappa shape index (κ3) is 43.0. The maximum atomic E-state index is 12.7. The molecule has 2 N–H and O–H groups in total. The van der Waals surface area contributed by atoms with Crippen LogP contribution in [-0.2, 0) is 37.4 Å². The van der Waals surface area contributed by atoms with Gasteiger partial charge in [0.05, 0.1) is 26.4 Å². The van der Waals surface area contributed by atoms with Crippen LogP contribution in [0.1, 0.15) is 194 Å². The van der Waals surface area contributed by atoms with Crippen molar-refractivity contribution in [1.29, 1.82) is 0 Å². The summed E-state index contributed by atoms with van der Waals surface area (Å²) in [6, 6.07) is 0. The number of hydrogen-bond acceptors (Lipinski definition) is 10. The number of carbonyl (C=O) groups excluding carboxylic acids is 3. The number of esters is 2. The average molecular weight is 857 g/mol. The number of azide groups is 1. The molecule has 0 aliphatic carbocycles. The van der Waals surface area contributed by atoms with Crippen LogP contribution in [0.15, 0.2) is 29.4 Å². The van der Waals surface area contributed by atoms with Gasteiger partial charge in [-0.25, -0.2) is 9.36 Å². The summed E-state index contributed by atoms with van der Waals surface area (Å²) in [5.74, 6) is -0.955. The normalized spacial score (nSPS) is 12.9. The number of nitrogens with zero attached hydrogens (tertiary/aromatic N) is 3. The van der Waals surface area contributed by atoms with Crippen molar-refractivity contribution < 1.29 is 47.1 Å². The Morgan fingerprint density at radius 2 is 1.08 bits per heavy atom. The first-order valence-electron chi connectivity index (χ1n) is 22.9. The van der Waals surface area contributed by atoms with Crippen molar-refractivity contribution in [3.8, 4) is 0 Å². The predicted octanol–water partition coefficient (Wildman–Crippen LogP) is 12.7. The molecule has 0 aliphatic rings. The van der Waals surface area contributed by atoms with Gasteiger partial charge >= 0.3 is 25.9 Å². The van der Waals surface area contributed by atoms with Crippen molar-refractivity contribution in [2.45, 2.75) is 200 Å². The van der Waals surface area contributed by atoms with Crippen molar-refractivity contribution in [3.05, 3.63) is 34.7 Å². The number of unbranched alkanes of at least 4 members (excludes halogenated alkanes) is 22. The highest BCUT2D eigenvalue weighted by molar-refractivity contribution is 7.47. The second-order valence-electron chi connectivity index (χ2n) is 15.1. The second-order valence-corrected chi connectivity index (χ2v) is 16.5. The van der Waals surface area contributed by atoms with Crippen LogP contribution in [-0.4, -0.2) is 68.5 Å². The zero-order chi connectivity index (χ0) is 43.3. The summed E-state index contributed by atoms with van der Waals surface area (Å²) in [7, 11) is -4.62. The summed E-state index contributed by atoms with van der Waals surface area (Å²) in [5, 5.41) is 5.55. The Kier molecular flexibility index (Phi) is 41.1. The minimum Gasteiger partial charge on any atom is -0.462 e. The van der Waals surface area contributed by atoms with Gasteiger partial charge in [-0.3, -0.25) is 18.6 Å². The number of ether oxygens (including phenoxy) is 3. The first-order chi connectivity index (χ1) is 28.7. The number of amides is 1. The summed E-state index contributed by atoms with van der Waals surface area (Å²) in [6.07, 6.45) is 37.4. The Labute approximate surface area is 356 Å². The summed E-state index contributed by atoms with van der Waals surface area (Å²) in [6.45, 7) is 2.89. The number of hydrogen-bond donors (Lipinski definition) is 2. The van der Waals surface area contributed by atoms with Gasteiger partial charge in [0.2, 0.25) is 0 Å². The molecule has 2 atom stereocenters. The number of rotatable bonds is 43. The molecule has 0 saturated heterocycles. The lowest BCUT2D eigenvalue weighted by Crippen LogP contribution is -2.30. The third-order valence-electron chi connectivity index (χ3n) is 9.55. The fraction of sp³-hybridized carbons (Fsp3) is 0.841. The Bertz CT molecular complexity index is 1180. The zero-order valence-electron chi connectivity index (χ0n) is 36.8. The van der Waals surface area contributed by atoms with E-state index in [2.05, 4.69) is 53.5 Å². The van der Waals surface area contributed by atoms with Crippen LogP contribution >= 0.6 is 7.82 Å². The van der Waals surface area contributed by atoms with Crippen molar-refractivity contribution in [1.82, 2.24) is 5.32 Å². The lowest BCUT2D eigenvalue weighted by Gasteiger charge is -2.20. The molecule has 14 nitrogen and oxygen atoms in total. The fourth-order valence-corrected chi connectivity index (χ4v) is 6.85. The quantitative estimate of drug-likeness (QED) is 0.00870. The standard InChI is InChI=1S/C44H81N4O10P/c1-3-5-7-9-11-13-15-17-19-21-23-25-27-29-31-33-42(49)55-39-41(40-57-59(52,53)56-38-35-46-44(51)54-37-36-47-48-45)58-43(50)34-32-30-28-26-24-22-20-18-16-14-12-10-8-6-4-2/h17-20,41H,3-16,21-40H2,1-2H3,(H,46,51)(H,52,53)/b19-17-,20-18-/t41-/m1/s1. The molecule has 0 bridgehead atoms. The van der Waals surface area contributed by atoms with Gasteiger partial charge in [0.15, 0.2) is 6.10 Å². The summed E-state index contributed by atoms with van der Waals surface area (Å²) in [4.78, 5) is 49.5. The van der Waals surface area contributed by atoms with Crippen molar-refractivity contribution in [3.63, 3.8) is 0 Å². The van der Waals surface area contributed by atoms with Crippen molar-refractivity contribution in [2.24, 2.45) is 5.11 Å². The molecule has 0 aromatic carbocycles. The number of carbonyl (C=O) groups is 3. The molecule has 0 rings (SSSR count). The highest BCUT2D eigenvalue weighted by Gasteiger charge is 2.26. The molecule has 0 aromatic heterocycles. The van der Waals surface area contributed by atoms with Crippen molar-refractivity contribution in [2.75, 3.05) is 39.5 Å². The Hall–Kier alpha value is -2.89. The molecule has 0 aromatic rings. The van der Waals surface area contributed by atoms with Crippen LogP contribution in [0.2, 0.25) is 0 Å². The van der Waals surface area contributed by atoms with E-state index in [0.29, 0.717) is 12.8 Å². The van der Waals surface area contributed by atoms with Gasteiger partial charge in [-0.1, -0.05) is 146 Å². The second kappa shape index (κ2) is 43.2. The summed E-state index contributed by atoms with van der Waals surface area (Å²) >= 11 is 0. The maximum Gasteiger partial charge on any atom is 0.472 e. The van der Waals surface area contributed by atoms with Gasteiger partial charge in [-0.2, -0.15) is 0 Å². The van der Waals surface area contributed by atoms with Crippen LogP contribution in [0.4, 0.5) is 4.79 Å². The topological polar surface area (TPSA) is 195 Å². The first-order valence-corrected chi connectivity index (χ1v) is 24.4. The van der Waals surface area contributed by atoms with Gasteiger partial charge in [0, 0.05) is 24.3 Å². The largest absolute Gasteiger partial charge is 0.472 e. The molecule has 15 heteroatoms. The number of alkyl carbamates (subject to hydrolysis) is 1. The van der Waals surface area contributed by atoms with Crippen molar-refractivity contribution >= 4 is 25.9 Å². The first kappa shape index (κ1) is 56.1. The van der Waals surface area contributed by atoms with E-state index in [0.717, 1.165) is 77.0 Å². The minimum absolute atomic E-state index is 0.0314. The average Bonchev–Trinajstić information content (AvgIpc) is 3.22. The highest BCUT2D eigenvalue weighted by atomic mass is 31.2. The van der Waals surface area contributed by atoms with E-state index in [9.17, 15) is 23.8 Å². The van der Waals surface area contributed by atoms with Gasteiger partial charge in [0.1, 0.15) is 6.61 Å². The zero-order valence-corrected chi connectivity index (χ0v) is 37.7. The lowest BCUT2D eigenvalue weighted by molar-refractivity contribution is -0.161. The molecule has 0 spiro atoms. The summed E-state index contributed by atoms with van der Waals surface area (Å²) in [5.41, 5.74) is 8.25. The van der Waals surface area contributed by atoms with Crippen LogP contribution in [0.5, 0.6) is 0 Å². The maximum absolute atomic E-state index is 12.7. The van der Waals surface area contributed by atoms with Gasteiger partial charge in [-0.15, -0.1) is 0 Å². The molecule has 0 fully saturated rings. The van der Waals surface area contributed by atoms with Crippen LogP contribution in [0, 0.1) is 0 Å². The molecule has 0 saturated carbocycles.